The number of likely N-dealkylation sites (N-methyl/N-ethyl adjacent to an activating group) is 1. The number of hydrogen-bond donors (Lipinski definition) is 0. The van der Waals surface area contributed by atoms with Crippen LogP contribution in [0.3, 0.4) is 0 Å². The lowest BCUT2D eigenvalue weighted by Gasteiger charge is -2.34. The molecule has 1 saturated heterocycles. The average molecular weight is 399 g/mol. The first-order chi connectivity index (χ1) is 13.8. The van der Waals surface area contributed by atoms with Crippen LogP contribution in [0.5, 0.6) is 11.5 Å². The standard InChI is InChI=1S/C23H30N2O4/c1-15-7-8-18(27-5)10-20(15)23(3)14-25(4)16(2)21(23)13-29-19-9-17(11-24-12-19)22(26)28-6/h7-12,16,21H,13-14H2,1-6H3. The van der Waals surface area contributed by atoms with Crippen molar-refractivity contribution in [1.82, 2.24) is 9.88 Å². The lowest BCUT2D eigenvalue weighted by atomic mass is 9.71. The Morgan fingerprint density at radius 1 is 1.24 bits per heavy atom. The highest BCUT2D eigenvalue weighted by molar-refractivity contribution is 5.89. The van der Waals surface area contributed by atoms with Crippen molar-refractivity contribution in [2.24, 2.45) is 5.92 Å². The second-order valence-electron chi connectivity index (χ2n) is 8.07. The molecule has 3 unspecified atom stereocenters. The zero-order chi connectivity index (χ0) is 21.2. The van der Waals surface area contributed by atoms with Crippen LogP contribution < -0.4 is 9.47 Å². The van der Waals surface area contributed by atoms with Crippen LogP contribution in [0.4, 0.5) is 0 Å². The van der Waals surface area contributed by atoms with Gasteiger partial charge in [-0.1, -0.05) is 13.0 Å². The molecule has 156 valence electrons. The molecule has 1 aromatic heterocycles. The van der Waals surface area contributed by atoms with Crippen molar-refractivity contribution < 1.29 is 19.0 Å². The van der Waals surface area contributed by atoms with Gasteiger partial charge in [0, 0.05) is 30.1 Å². The zero-order valence-electron chi connectivity index (χ0n) is 18.1. The number of ether oxygens (including phenoxy) is 3. The molecule has 1 aliphatic heterocycles. The summed E-state index contributed by atoms with van der Waals surface area (Å²) in [5.41, 5.74) is 2.81. The van der Waals surface area contributed by atoms with E-state index in [2.05, 4.69) is 49.8 Å². The molecule has 6 nitrogen and oxygen atoms in total. The number of aromatic nitrogens is 1. The van der Waals surface area contributed by atoms with Gasteiger partial charge < -0.3 is 19.1 Å². The third-order valence-corrected chi connectivity index (χ3v) is 6.30. The van der Waals surface area contributed by atoms with Crippen molar-refractivity contribution in [2.45, 2.75) is 32.2 Å². The zero-order valence-corrected chi connectivity index (χ0v) is 18.1. The lowest BCUT2D eigenvalue weighted by Crippen LogP contribution is -2.37. The van der Waals surface area contributed by atoms with Crippen LogP contribution in [0.15, 0.2) is 36.7 Å². The molecule has 3 atom stereocenters. The first-order valence-corrected chi connectivity index (χ1v) is 9.81. The molecule has 29 heavy (non-hydrogen) atoms. The minimum atomic E-state index is -0.422. The quantitative estimate of drug-likeness (QED) is 0.695. The summed E-state index contributed by atoms with van der Waals surface area (Å²) in [5.74, 6) is 1.26. The fraction of sp³-hybridized carbons (Fsp3) is 0.478. The van der Waals surface area contributed by atoms with E-state index in [1.165, 1.54) is 24.4 Å². The molecular weight excluding hydrogens is 368 g/mol. The SMILES string of the molecule is COC(=O)c1cncc(OCC2C(C)N(C)CC2(C)c2cc(OC)ccc2C)c1. The Kier molecular flexibility index (Phi) is 6.13. The molecule has 1 fully saturated rings. The Morgan fingerprint density at radius 2 is 2.00 bits per heavy atom. The van der Waals surface area contributed by atoms with Crippen LogP contribution in [-0.4, -0.2) is 56.3 Å². The number of benzene rings is 1. The van der Waals surface area contributed by atoms with Gasteiger partial charge in [0.05, 0.1) is 32.6 Å². The van der Waals surface area contributed by atoms with Crippen molar-refractivity contribution in [3.63, 3.8) is 0 Å². The van der Waals surface area contributed by atoms with Crippen LogP contribution in [0, 0.1) is 12.8 Å². The summed E-state index contributed by atoms with van der Waals surface area (Å²) < 4.78 is 16.4. The van der Waals surface area contributed by atoms with Gasteiger partial charge in [-0.3, -0.25) is 4.98 Å². The number of nitrogens with zero attached hydrogens (tertiary/aromatic N) is 2. The van der Waals surface area contributed by atoms with E-state index in [9.17, 15) is 4.79 Å². The summed E-state index contributed by atoms with van der Waals surface area (Å²) in [7, 11) is 5.20. The molecular formula is C23H30N2O4. The van der Waals surface area contributed by atoms with E-state index in [1.54, 1.807) is 19.4 Å². The average Bonchev–Trinajstić information content (AvgIpc) is 2.95. The van der Waals surface area contributed by atoms with E-state index in [0.717, 1.165) is 12.3 Å². The van der Waals surface area contributed by atoms with E-state index in [-0.39, 0.29) is 11.3 Å². The Balaban J connectivity index is 1.88. The lowest BCUT2D eigenvalue weighted by molar-refractivity contribution is 0.0599. The maximum Gasteiger partial charge on any atom is 0.339 e. The van der Waals surface area contributed by atoms with Gasteiger partial charge in [0.1, 0.15) is 11.5 Å². The highest BCUT2D eigenvalue weighted by atomic mass is 16.5. The largest absolute Gasteiger partial charge is 0.497 e. The number of rotatable bonds is 6. The fourth-order valence-corrected chi connectivity index (χ4v) is 4.48. The van der Waals surface area contributed by atoms with Gasteiger partial charge in [-0.05, 0) is 50.2 Å². The molecule has 2 aromatic rings. The summed E-state index contributed by atoms with van der Waals surface area (Å²) in [6.45, 7) is 8.12. The Morgan fingerprint density at radius 3 is 2.69 bits per heavy atom. The second-order valence-corrected chi connectivity index (χ2v) is 8.07. The molecule has 0 radical (unpaired) electrons. The number of carbonyl (C=O) groups excluding carboxylic acids is 1. The first-order valence-electron chi connectivity index (χ1n) is 9.81. The highest BCUT2D eigenvalue weighted by Crippen LogP contribution is 2.44. The van der Waals surface area contributed by atoms with Crippen LogP contribution in [-0.2, 0) is 10.2 Å². The topological polar surface area (TPSA) is 60.9 Å². The minimum Gasteiger partial charge on any atom is -0.497 e. The van der Waals surface area contributed by atoms with Crippen LogP contribution in [0.1, 0.15) is 35.3 Å². The van der Waals surface area contributed by atoms with Gasteiger partial charge in [0.15, 0.2) is 0 Å². The smallest absolute Gasteiger partial charge is 0.339 e. The minimum absolute atomic E-state index is 0.0970. The number of pyridine rings is 1. The van der Waals surface area contributed by atoms with Crippen molar-refractivity contribution in [3.8, 4) is 11.5 Å². The van der Waals surface area contributed by atoms with Gasteiger partial charge >= 0.3 is 5.97 Å². The van der Waals surface area contributed by atoms with Gasteiger partial charge in [0.2, 0.25) is 0 Å². The third kappa shape index (κ3) is 4.08. The van der Waals surface area contributed by atoms with Crippen molar-refractivity contribution in [3.05, 3.63) is 53.3 Å². The summed E-state index contributed by atoms with van der Waals surface area (Å²) in [6.07, 6.45) is 3.11. The number of methoxy groups -OCH3 is 2. The molecule has 0 bridgehead atoms. The molecule has 6 heteroatoms. The Bertz CT molecular complexity index is 885. The molecule has 2 heterocycles. The van der Waals surface area contributed by atoms with Crippen LogP contribution in [0.25, 0.3) is 0 Å². The van der Waals surface area contributed by atoms with Crippen molar-refractivity contribution >= 4 is 5.97 Å². The van der Waals surface area contributed by atoms with E-state index in [0.29, 0.717) is 24.0 Å². The highest BCUT2D eigenvalue weighted by Gasteiger charge is 2.48. The molecule has 1 aliphatic rings. The van der Waals surface area contributed by atoms with Gasteiger partial charge in [0.25, 0.3) is 0 Å². The summed E-state index contributed by atoms with van der Waals surface area (Å²) in [6, 6.07) is 8.27. The van der Waals surface area contributed by atoms with E-state index in [1.807, 2.05) is 6.07 Å². The second kappa shape index (κ2) is 8.41. The number of aryl methyl sites for hydroxylation is 1. The Hall–Kier alpha value is -2.60. The normalized spacial score (nSPS) is 24.3. The molecule has 1 aromatic carbocycles. The van der Waals surface area contributed by atoms with Crippen molar-refractivity contribution in [2.75, 3.05) is 34.4 Å². The summed E-state index contributed by atoms with van der Waals surface area (Å²) in [4.78, 5) is 18.3. The number of esters is 1. The van der Waals surface area contributed by atoms with Gasteiger partial charge in [-0.2, -0.15) is 0 Å². The maximum atomic E-state index is 11.8. The van der Waals surface area contributed by atoms with Crippen LogP contribution in [0.2, 0.25) is 0 Å². The van der Waals surface area contributed by atoms with Crippen LogP contribution >= 0.6 is 0 Å². The third-order valence-electron chi connectivity index (χ3n) is 6.30. The fourth-order valence-electron chi connectivity index (χ4n) is 4.48. The van der Waals surface area contributed by atoms with Gasteiger partial charge in [-0.15, -0.1) is 0 Å². The predicted molar refractivity (Wildman–Crippen MR) is 112 cm³/mol. The van der Waals surface area contributed by atoms with E-state index in [4.69, 9.17) is 14.2 Å². The Labute approximate surface area is 172 Å². The number of hydrogen-bond acceptors (Lipinski definition) is 6. The molecule has 0 aliphatic carbocycles. The summed E-state index contributed by atoms with van der Waals surface area (Å²) >= 11 is 0. The summed E-state index contributed by atoms with van der Waals surface area (Å²) in [5, 5.41) is 0. The van der Waals surface area contributed by atoms with E-state index >= 15 is 0 Å². The number of carbonyl (C=O) groups is 1. The molecule has 0 amide bonds. The number of likely N-dealkylation sites (tertiary alicyclic amines) is 1. The molecule has 3 rings (SSSR count). The van der Waals surface area contributed by atoms with E-state index < -0.39 is 5.97 Å². The molecule has 0 saturated carbocycles. The van der Waals surface area contributed by atoms with Gasteiger partial charge in [-0.25, -0.2) is 4.79 Å². The maximum absolute atomic E-state index is 11.8. The molecule has 0 N–H and O–H groups in total. The van der Waals surface area contributed by atoms with Crippen molar-refractivity contribution in [1.29, 1.82) is 0 Å². The predicted octanol–water partition coefficient (Wildman–Crippen LogP) is 3.47. The molecule has 0 spiro atoms. The monoisotopic (exact) mass is 398 g/mol. The first kappa shape index (κ1) is 21.1.